The van der Waals surface area contributed by atoms with Crippen LogP contribution in [0.5, 0.6) is 0 Å². The van der Waals surface area contributed by atoms with Crippen LogP contribution < -0.4 is 0 Å². The molecule has 0 unspecified atom stereocenters. The summed E-state index contributed by atoms with van der Waals surface area (Å²) < 4.78 is 19.2. The molecule has 0 bridgehead atoms. The second kappa shape index (κ2) is 6.13. The number of aromatic nitrogens is 2. The number of hydrogen-bond acceptors (Lipinski definition) is 4. The van der Waals surface area contributed by atoms with Crippen LogP contribution in [-0.4, -0.2) is 28.2 Å². The predicted octanol–water partition coefficient (Wildman–Crippen LogP) is 3.25. The third-order valence-corrected chi connectivity index (χ3v) is 3.63. The van der Waals surface area contributed by atoms with Gasteiger partial charge in [-0.1, -0.05) is 25.0 Å². The second-order valence-corrected chi connectivity index (χ2v) is 5.17. The number of nitrogens with zero attached hydrogens (tertiary/aromatic N) is 3. The molecule has 1 fully saturated rings. The average molecular weight is 275 g/mol. The van der Waals surface area contributed by atoms with Crippen molar-refractivity contribution in [3.63, 3.8) is 0 Å². The van der Waals surface area contributed by atoms with E-state index in [1.165, 1.54) is 31.7 Å². The molecule has 1 saturated heterocycles. The summed E-state index contributed by atoms with van der Waals surface area (Å²) in [6, 6.07) is 6.46. The first kappa shape index (κ1) is 13.2. The lowest BCUT2D eigenvalue weighted by Gasteiger charge is -2.16. The summed E-state index contributed by atoms with van der Waals surface area (Å²) in [7, 11) is 0. The van der Waals surface area contributed by atoms with Crippen molar-refractivity contribution in [2.45, 2.75) is 32.2 Å². The van der Waals surface area contributed by atoms with Crippen LogP contribution in [0.1, 0.15) is 31.6 Å². The van der Waals surface area contributed by atoms with Gasteiger partial charge in [-0.2, -0.15) is 0 Å². The molecule has 106 valence electrons. The van der Waals surface area contributed by atoms with E-state index < -0.39 is 0 Å². The van der Waals surface area contributed by atoms with Gasteiger partial charge in [0.25, 0.3) is 5.89 Å². The number of halogens is 1. The molecule has 2 aromatic rings. The smallest absolute Gasteiger partial charge is 0.250 e. The van der Waals surface area contributed by atoms with Crippen LogP contribution in [0.4, 0.5) is 4.39 Å². The Bertz CT molecular complexity index is 562. The first-order valence-corrected chi connectivity index (χ1v) is 7.12. The normalized spacial score (nSPS) is 17.1. The summed E-state index contributed by atoms with van der Waals surface area (Å²) in [5.41, 5.74) is 0.363. The highest BCUT2D eigenvalue weighted by molar-refractivity contribution is 5.53. The maximum absolute atomic E-state index is 13.7. The zero-order valence-electron chi connectivity index (χ0n) is 11.4. The van der Waals surface area contributed by atoms with E-state index in [9.17, 15) is 4.39 Å². The van der Waals surface area contributed by atoms with Crippen molar-refractivity contribution in [1.29, 1.82) is 0 Å². The standard InChI is InChI=1S/C15H18FN3O/c16-13-8-4-3-7-12(13)15-18-17-14(20-15)11-19-9-5-1-2-6-10-19/h3-4,7-8H,1-2,5-6,9-11H2. The van der Waals surface area contributed by atoms with Gasteiger partial charge < -0.3 is 4.42 Å². The molecule has 0 aliphatic carbocycles. The Morgan fingerprint density at radius 2 is 1.80 bits per heavy atom. The summed E-state index contributed by atoms with van der Waals surface area (Å²) in [5.74, 6) is 0.482. The molecule has 4 nitrogen and oxygen atoms in total. The molecule has 5 heteroatoms. The van der Waals surface area contributed by atoms with Crippen LogP contribution in [0.15, 0.2) is 28.7 Å². The third kappa shape index (κ3) is 3.04. The zero-order valence-corrected chi connectivity index (χ0v) is 11.4. The maximum atomic E-state index is 13.7. The number of hydrogen-bond donors (Lipinski definition) is 0. The van der Waals surface area contributed by atoms with Gasteiger partial charge in [-0.25, -0.2) is 4.39 Å². The lowest BCUT2D eigenvalue weighted by atomic mass is 10.2. The Morgan fingerprint density at radius 1 is 1.05 bits per heavy atom. The molecule has 20 heavy (non-hydrogen) atoms. The van der Waals surface area contributed by atoms with E-state index in [0.717, 1.165) is 13.1 Å². The van der Waals surface area contributed by atoms with Gasteiger partial charge in [-0.05, 0) is 38.1 Å². The lowest BCUT2D eigenvalue weighted by molar-refractivity contribution is 0.249. The minimum absolute atomic E-state index is 0.257. The molecular weight excluding hydrogens is 257 g/mol. The van der Waals surface area contributed by atoms with Gasteiger partial charge in [0.15, 0.2) is 0 Å². The molecule has 0 saturated carbocycles. The van der Waals surface area contributed by atoms with Gasteiger partial charge in [0.1, 0.15) is 5.82 Å². The van der Waals surface area contributed by atoms with Crippen LogP contribution in [-0.2, 0) is 6.54 Å². The van der Waals surface area contributed by atoms with E-state index in [0.29, 0.717) is 18.0 Å². The van der Waals surface area contributed by atoms with E-state index in [-0.39, 0.29) is 11.7 Å². The molecular formula is C15H18FN3O. The van der Waals surface area contributed by atoms with Crippen LogP contribution >= 0.6 is 0 Å². The monoisotopic (exact) mass is 275 g/mol. The Kier molecular flexibility index (Phi) is 4.06. The van der Waals surface area contributed by atoms with Crippen molar-refractivity contribution in [2.24, 2.45) is 0 Å². The average Bonchev–Trinajstić information content (AvgIpc) is 2.75. The van der Waals surface area contributed by atoms with Crippen molar-refractivity contribution in [2.75, 3.05) is 13.1 Å². The van der Waals surface area contributed by atoms with E-state index in [4.69, 9.17) is 4.42 Å². The summed E-state index contributed by atoms with van der Waals surface area (Å²) in [6.07, 6.45) is 5.02. The molecule has 0 atom stereocenters. The SMILES string of the molecule is Fc1ccccc1-c1nnc(CN2CCCCCC2)o1. The van der Waals surface area contributed by atoms with Crippen LogP contribution in [0, 0.1) is 5.82 Å². The summed E-state index contributed by atoms with van der Waals surface area (Å²) in [4.78, 5) is 2.33. The zero-order chi connectivity index (χ0) is 13.8. The molecule has 0 N–H and O–H groups in total. The minimum atomic E-state index is -0.336. The molecule has 1 aliphatic heterocycles. The molecule has 3 rings (SSSR count). The van der Waals surface area contributed by atoms with Gasteiger partial charge in [0.05, 0.1) is 12.1 Å². The summed E-state index contributed by atoms with van der Waals surface area (Å²) in [5, 5.41) is 7.99. The lowest BCUT2D eigenvalue weighted by Crippen LogP contribution is -2.24. The van der Waals surface area contributed by atoms with E-state index in [1.807, 2.05) is 0 Å². The number of benzene rings is 1. The first-order valence-electron chi connectivity index (χ1n) is 7.12. The quantitative estimate of drug-likeness (QED) is 0.862. The van der Waals surface area contributed by atoms with Crippen LogP contribution in [0.25, 0.3) is 11.5 Å². The van der Waals surface area contributed by atoms with Crippen molar-refractivity contribution in [1.82, 2.24) is 15.1 Å². The van der Waals surface area contributed by atoms with Gasteiger partial charge in [-0.15, -0.1) is 10.2 Å². The van der Waals surface area contributed by atoms with Crippen molar-refractivity contribution < 1.29 is 8.81 Å². The highest BCUT2D eigenvalue weighted by atomic mass is 19.1. The van der Waals surface area contributed by atoms with E-state index >= 15 is 0 Å². The van der Waals surface area contributed by atoms with E-state index in [1.54, 1.807) is 18.2 Å². The maximum Gasteiger partial charge on any atom is 0.250 e. The van der Waals surface area contributed by atoms with Crippen molar-refractivity contribution in [3.8, 4) is 11.5 Å². The van der Waals surface area contributed by atoms with Crippen LogP contribution in [0.3, 0.4) is 0 Å². The molecule has 0 amide bonds. The molecule has 0 spiro atoms. The summed E-state index contributed by atoms with van der Waals surface area (Å²) >= 11 is 0. The fraction of sp³-hybridized carbons (Fsp3) is 0.467. The Morgan fingerprint density at radius 3 is 2.55 bits per heavy atom. The van der Waals surface area contributed by atoms with Gasteiger partial charge in [0.2, 0.25) is 5.89 Å². The Balaban J connectivity index is 1.72. The number of rotatable bonds is 3. The second-order valence-electron chi connectivity index (χ2n) is 5.17. The fourth-order valence-corrected chi connectivity index (χ4v) is 2.55. The van der Waals surface area contributed by atoms with Crippen molar-refractivity contribution in [3.05, 3.63) is 36.0 Å². The highest BCUT2D eigenvalue weighted by Gasteiger charge is 2.16. The molecule has 1 aromatic heterocycles. The number of likely N-dealkylation sites (tertiary alicyclic amines) is 1. The highest BCUT2D eigenvalue weighted by Crippen LogP contribution is 2.21. The third-order valence-electron chi connectivity index (χ3n) is 3.63. The predicted molar refractivity (Wildman–Crippen MR) is 73.4 cm³/mol. The van der Waals surface area contributed by atoms with Crippen molar-refractivity contribution >= 4 is 0 Å². The Labute approximate surface area is 117 Å². The molecule has 1 aliphatic rings. The van der Waals surface area contributed by atoms with E-state index in [2.05, 4.69) is 15.1 Å². The summed E-state index contributed by atoms with van der Waals surface area (Å²) in [6.45, 7) is 2.79. The van der Waals surface area contributed by atoms with Gasteiger partial charge >= 0.3 is 0 Å². The van der Waals surface area contributed by atoms with Crippen LogP contribution in [0.2, 0.25) is 0 Å². The molecule has 0 radical (unpaired) electrons. The molecule has 2 heterocycles. The topological polar surface area (TPSA) is 42.2 Å². The molecule has 1 aromatic carbocycles. The van der Waals surface area contributed by atoms with Gasteiger partial charge in [0, 0.05) is 0 Å². The fourth-order valence-electron chi connectivity index (χ4n) is 2.55. The largest absolute Gasteiger partial charge is 0.419 e. The van der Waals surface area contributed by atoms with Gasteiger partial charge in [-0.3, -0.25) is 4.90 Å². The minimum Gasteiger partial charge on any atom is -0.419 e. The Hall–Kier alpha value is -1.75. The first-order chi connectivity index (χ1) is 9.83.